The van der Waals surface area contributed by atoms with Gasteiger partial charge in [0.25, 0.3) is 0 Å². The average Bonchev–Trinajstić information content (AvgIpc) is 2.32. The molecule has 2 atom stereocenters. The topological polar surface area (TPSA) is 46.5 Å². The highest BCUT2D eigenvalue weighted by Gasteiger charge is 2.36. The molecule has 1 aromatic carbocycles. The number of rotatable bonds is 5. The molecule has 1 rings (SSSR count). The Morgan fingerprint density at radius 1 is 1.44 bits per heavy atom. The maximum Gasteiger partial charge on any atom is 0.311 e. The zero-order chi connectivity index (χ0) is 13.8. The van der Waals surface area contributed by atoms with Crippen molar-refractivity contribution in [3.63, 3.8) is 0 Å². The number of aliphatic hydroxyl groups is 1. The molecule has 0 saturated heterocycles. The number of esters is 1. The van der Waals surface area contributed by atoms with Crippen molar-refractivity contribution in [3.05, 3.63) is 34.3 Å². The lowest BCUT2D eigenvalue weighted by molar-refractivity contribution is -0.154. The van der Waals surface area contributed by atoms with Gasteiger partial charge in [0.05, 0.1) is 18.6 Å². The summed E-state index contributed by atoms with van der Waals surface area (Å²) in [6.07, 6.45) is 0.976. The second-order valence-electron chi connectivity index (χ2n) is 4.64. The number of methoxy groups -OCH3 is 1. The highest BCUT2D eigenvalue weighted by molar-refractivity contribution is 9.10. The summed E-state index contributed by atoms with van der Waals surface area (Å²) in [5, 5.41) is 10.5. The second-order valence-corrected chi connectivity index (χ2v) is 5.56. The molecule has 3 nitrogen and oxygen atoms in total. The van der Waals surface area contributed by atoms with E-state index in [0.717, 1.165) is 10.0 Å². The highest BCUT2D eigenvalue weighted by Crippen LogP contribution is 2.26. The van der Waals surface area contributed by atoms with E-state index in [2.05, 4.69) is 15.9 Å². The van der Waals surface area contributed by atoms with Gasteiger partial charge in [-0.2, -0.15) is 0 Å². The van der Waals surface area contributed by atoms with Gasteiger partial charge in [0.1, 0.15) is 0 Å². The zero-order valence-corrected chi connectivity index (χ0v) is 12.5. The molecule has 0 aromatic heterocycles. The third-order valence-electron chi connectivity index (χ3n) is 3.12. The normalized spacial score (nSPS) is 15.8. The summed E-state index contributed by atoms with van der Waals surface area (Å²) in [5.41, 5.74) is -0.110. The summed E-state index contributed by atoms with van der Waals surface area (Å²) >= 11 is 3.37. The smallest absolute Gasteiger partial charge is 0.311 e. The quantitative estimate of drug-likeness (QED) is 0.850. The fourth-order valence-corrected chi connectivity index (χ4v) is 2.41. The van der Waals surface area contributed by atoms with Crippen LogP contribution in [0.5, 0.6) is 0 Å². The Morgan fingerprint density at radius 2 is 2.00 bits per heavy atom. The lowest BCUT2D eigenvalue weighted by Gasteiger charge is -2.30. The predicted molar refractivity (Wildman–Crippen MR) is 74.3 cm³/mol. The van der Waals surface area contributed by atoms with Gasteiger partial charge in [-0.15, -0.1) is 0 Å². The number of carbonyl (C=O) groups excluding carboxylic acids is 1. The van der Waals surface area contributed by atoms with E-state index in [1.54, 1.807) is 6.92 Å². The van der Waals surface area contributed by atoms with Crippen LogP contribution in [0.1, 0.15) is 25.8 Å². The molecule has 0 spiro atoms. The molecule has 4 heteroatoms. The largest absolute Gasteiger partial charge is 0.469 e. The fraction of sp³-hybridized carbons (Fsp3) is 0.500. The predicted octanol–water partition coefficient (Wildman–Crippen LogP) is 2.94. The third-order valence-corrected chi connectivity index (χ3v) is 3.65. The van der Waals surface area contributed by atoms with Gasteiger partial charge in [-0.25, -0.2) is 0 Å². The van der Waals surface area contributed by atoms with Crippen LogP contribution in [0, 0.1) is 5.92 Å². The average molecular weight is 315 g/mol. The SMILES string of the molecule is CCC(C(=O)OC)C(C)(O)Cc1ccc(Br)cc1. The Bertz CT molecular complexity index is 398. The van der Waals surface area contributed by atoms with Crippen LogP contribution in [0.3, 0.4) is 0 Å². The molecular formula is C14H19BrO3. The van der Waals surface area contributed by atoms with E-state index in [9.17, 15) is 9.90 Å². The van der Waals surface area contributed by atoms with Crippen molar-refractivity contribution in [2.45, 2.75) is 32.3 Å². The molecule has 0 fully saturated rings. The fourth-order valence-electron chi connectivity index (χ4n) is 2.14. The number of benzene rings is 1. The van der Waals surface area contributed by atoms with Gasteiger partial charge in [-0.3, -0.25) is 4.79 Å². The maximum atomic E-state index is 11.6. The third kappa shape index (κ3) is 3.82. The van der Waals surface area contributed by atoms with E-state index in [1.807, 2.05) is 31.2 Å². The molecular weight excluding hydrogens is 296 g/mol. The molecule has 0 amide bonds. The van der Waals surface area contributed by atoms with Crippen molar-refractivity contribution >= 4 is 21.9 Å². The molecule has 100 valence electrons. The minimum atomic E-state index is -1.10. The summed E-state index contributed by atoms with van der Waals surface area (Å²) in [6.45, 7) is 3.55. The minimum Gasteiger partial charge on any atom is -0.469 e. The zero-order valence-electron chi connectivity index (χ0n) is 10.9. The van der Waals surface area contributed by atoms with Crippen molar-refractivity contribution in [2.75, 3.05) is 7.11 Å². The Kier molecular flexibility index (Phi) is 5.35. The number of halogens is 1. The van der Waals surface area contributed by atoms with Gasteiger partial charge in [-0.05, 0) is 31.0 Å². The summed E-state index contributed by atoms with van der Waals surface area (Å²) < 4.78 is 5.73. The minimum absolute atomic E-state index is 0.361. The first kappa shape index (κ1) is 15.2. The van der Waals surface area contributed by atoms with Crippen LogP contribution in [0.2, 0.25) is 0 Å². The lowest BCUT2D eigenvalue weighted by Crippen LogP contribution is -2.41. The van der Waals surface area contributed by atoms with E-state index in [-0.39, 0.29) is 5.97 Å². The lowest BCUT2D eigenvalue weighted by atomic mass is 9.82. The van der Waals surface area contributed by atoms with E-state index >= 15 is 0 Å². The van der Waals surface area contributed by atoms with Gasteiger partial charge in [0, 0.05) is 10.9 Å². The molecule has 0 aliphatic carbocycles. The van der Waals surface area contributed by atoms with Crippen LogP contribution in [-0.2, 0) is 16.0 Å². The van der Waals surface area contributed by atoms with Crippen molar-refractivity contribution in [1.29, 1.82) is 0 Å². The van der Waals surface area contributed by atoms with Gasteiger partial charge in [-0.1, -0.05) is 35.0 Å². The van der Waals surface area contributed by atoms with Gasteiger partial charge in [0.15, 0.2) is 0 Å². The van der Waals surface area contributed by atoms with Crippen molar-refractivity contribution < 1.29 is 14.6 Å². The van der Waals surface area contributed by atoms with Crippen molar-refractivity contribution in [1.82, 2.24) is 0 Å². The molecule has 0 saturated carbocycles. The maximum absolute atomic E-state index is 11.6. The van der Waals surface area contributed by atoms with Crippen LogP contribution in [0.25, 0.3) is 0 Å². The number of carbonyl (C=O) groups is 1. The Balaban J connectivity index is 2.85. The van der Waals surface area contributed by atoms with Crippen molar-refractivity contribution in [2.24, 2.45) is 5.92 Å². The van der Waals surface area contributed by atoms with E-state index in [0.29, 0.717) is 12.8 Å². The molecule has 0 aliphatic rings. The molecule has 18 heavy (non-hydrogen) atoms. The Hall–Kier alpha value is -0.870. The molecule has 1 aromatic rings. The number of hydrogen-bond acceptors (Lipinski definition) is 3. The molecule has 0 radical (unpaired) electrons. The first-order chi connectivity index (χ1) is 8.40. The summed E-state index contributed by atoms with van der Waals surface area (Å²) in [5.74, 6) is -0.870. The molecule has 0 bridgehead atoms. The van der Waals surface area contributed by atoms with Crippen LogP contribution >= 0.6 is 15.9 Å². The van der Waals surface area contributed by atoms with Crippen LogP contribution in [0.15, 0.2) is 28.7 Å². The van der Waals surface area contributed by atoms with Gasteiger partial charge < -0.3 is 9.84 Å². The van der Waals surface area contributed by atoms with Crippen molar-refractivity contribution in [3.8, 4) is 0 Å². The standard InChI is InChI=1S/C14H19BrO3/c1-4-12(13(16)18-3)14(2,17)9-10-5-7-11(15)8-6-10/h5-8,12,17H,4,9H2,1-3H3. The molecule has 0 heterocycles. The first-order valence-electron chi connectivity index (χ1n) is 5.95. The van der Waals surface area contributed by atoms with E-state index < -0.39 is 11.5 Å². The van der Waals surface area contributed by atoms with Gasteiger partial charge in [0.2, 0.25) is 0 Å². The number of hydrogen-bond donors (Lipinski definition) is 1. The summed E-state index contributed by atoms with van der Waals surface area (Å²) in [7, 11) is 1.35. The van der Waals surface area contributed by atoms with Gasteiger partial charge >= 0.3 is 5.97 Å². The second kappa shape index (κ2) is 6.34. The van der Waals surface area contributed by atoms with Crippen LogP contribution < -0.4 is 0 Å². The Labute approximate surface area is 116 Å². The first-order valence-corrected chi connectivity index (χ1v) is 6.74. The van der Waals surface area contributed by atoms with Crippen LogP contribution in [0.4, 0.5) is 0 Å². The van der Waals surface area contributed by atoms with E-state index in [4.69, 9.17) is 4.74 Å². The summed E-state index contributed by atoms with van der Waals surface area (Å²) in [6, 6.07) is 7.71. The van der Waals surface area contributed by atoms with E-state index in [1.165, 1.54) is 7.11 Å². The highest BCUT2D eigenvalue weighted by atomic mass is 79.9. The molecule has 1 N–H and O–H groups in total. The summed E-state index contributed by atoms with van der Waals surface area (Å²) in [4.78, 5) is 11.6. The number of ether oxygens (including phenoxy) is 1. The van der Waals surface area contributed by atoms with Crippen LogP contribution in [-0.4, -0.2) is 23.8 Å². The molecule has 2 unspecified atom stereocenters. The Morgan fingerprint density at radius 3 is 2.44 bits per heavy atom. The molecule has 0 aliphatic heterocycles. The monoisotopic (exact) mass is 314 g/mol.